The molecular weight excluding hydrogens is 398 g/mol. The molecule has 1 amide bonds. The number of nitriles is 1. The van der Waals surface area contributed by atoms with E-state index in [0.29, 0.717) is 16.9 Å². The van der Waals surface area contributed by atoms with E-state index in [1.165, 1.54) is 0 Å². The van der Waals surface area contributed by atoms with Gasteiger partial charge in [0.2, 0.25) is 0 Å². The zero-order chi connectivity index (χ0) is 22.5. The average molecular weight is 419 g/mol. The van der Waals surface area contributed by atoms with Crippen LogP contribution < -0.4 is 5.32 Å². The Hall–Kier alpha value is -4.50. The quantitative estimate of drug-likeness (QED) is 0.360. The van der Waals surface area contributed by atoms with E-state index < -0.39 is 5.91 Å². The molecule has 2 aromatic carbocycles. The zero-order valence-electron chi connectivity index (χ0n) is 17.8. The third-order valence-corrected chi connectivity index (χ3v) is 4.99. The van der Waals surface area contributed by atoms with Gasteiger partial charge in [-0.3, -0.25) is 9.78 Å². The Kier molecular flexibility index (Phi) is 5.91. The van der Waals surface area contributed by atoms with E-state index in [1.807, 2.05) is 80.6 Å². The molecule has 0 bridgehead atoms. The van der Waals surface area contributed by atoms with Crippen molar-refractivity contribution < 1.29 is 4.79 Å². The van der Waals surface area contributed by atoms with E-state index in [9.17, 15) is 10.1 Å². The molecular formula is C26H21N5O. The monoisotopic (exact) mass is 419 g/mol. The van der Waals surface area contributed by atoms with E-state index in [2.05, 4.69) is 10.3 Å². The summed E-state index contributed by atoms with van der Waals surface area (Å²) in [5.74, 6) is -0.468. The topological polar surface area (TPSA) is 83.6 Å². The first-order valence-electron chi connectivity index (χ1n) is 10.1. The number of nitrogens with one attached hydrogen (secondary N) is 1. The molecule has 6 nitrogen and oxygen atoms in total. The SMILES string of the molecule is Cc1ccc(NC(=O)/C(C#N)=C/c2cn(-c3ccccc3)nc2-c2cccnc2)c(C)c1. The van der Waals surface area contributed by atoms with Crippen LogP contribution in [-0.4, -0.2) is 20.7 Å². The van der Waals surface area contributed by atoms with Crippen LogP contribution in [-0.2, 0) is 4.79 Å². The van der Waals surface area contributed by atoms with Gasteiger partial charge >= 0.3 is 0 Å². The maximum atomic E-state index is 12.9. The zero-order valence-corrected chi connectivity index (χ0v) is 17.8. The number of anilines is 1. The second kappa shape index (κ2) is 9.11. The van der Waals surface area contributed by atoms with Gasteiger partial charge in [0.25, 0.3) is 5.91 Å². The van der Waals surface area contributed by atoms with Gasteiger partial charge in [-0.25, -0.2) is 4.68 Å². The molecule has 6 heteroatoms. The molecule has 0 saturated carbocycles. The van der Waals surface area contributed by atoms with Crippen molar-refractivity contribution in [3.05, 3.63) is 102 Å². The number of hydrogen-bond donors (Lipinski definition) is 1. The van der Waals surface area contributed by atoms with Crippen molar-refractivity contribution in [2.75, 3.05) is 5.32 Å². The fourth-order valence-electron chi connectivity index (χ4n) is 3.38. The van der Waals surface area contributed by atoms with Crippen molar-refractivity contribution in [1.82, 2.24) is 14.8 Å². The number of rotatable bonds is 5. The fourth-order valence-corrected chi connectivity index (χ4v) is 3.38. The normalized spacial score (nSPS) is 11.1. The number of hydrogen-bond acceptors (Lipinski definition) is 4. The molecule has 0 fully saturated rings. The number of pyridine rings is 1. The predicted octanol–water partition coefficient (Wildman–Crippen LogP) is 5.10. The minimum atomic E-state index is -0.468. The molecule has 156 valence electrons. The van der Waals surface area contributed by atoms with Gasteiger partial charge in [-0.05, 0) is 55.8 Å². The number of aryl methyl sites for hydroxylation is 2. The minimum absolute atomic E-state index is 0.0114. The van der Waals surface area contributed by atoms with Crippen molar-refractivity contribution in [1.29, 1.82) is 5.26 Å². The van der Waals surface area contributed by atoms with E-state index in [1.54, 1.807) is 29.3 Å². The summed E-state index contributed by atoms with van der Waals surface area (Å²) in [6, 6.07) is 21.1. The van der Waals surface area contributed by atoms with Gasteiger partial charge in [0.15, 0.2) is 0 Å². The smallest absolute Gasteiger partial charge is 0.266 e. The minimum Gasteiger partial charge on any atom is -0.321 e. The first kappa shape index (κ1) is 20.8. The molecule has 0 atom stereocenters. The second-order valence-electron chi connectivity index (χ2n) is 7.40. The fraction of sp³-hybridized carbons (Fsp3) is 0.0769. The summed E-state index contributed by atoms with van der Waals surface area (Å²) in [5.41, 5.74) is 5.64. The Morgan fingerprint density at radius 3 is 2.59 bits per heavy atom. The largest absolute Gasteiger partial charge is 0.321 e. The first-order valence-corrected chi connectivity index (χ1v) is 10.1. The summed E-state index contributed by atoms with van der Waals surface area (Å²) >= 11 is 0. The van der Waals surface area contributed by atoms with Gasteiger partial charge in [-0.1, -0.05) is 35.9 Å². The highest BCUT2D eigenvalue weighted by Crippen LogP contribution is 2.25. The van der Waals surface area contributed by atoms with Gasteiger partial charge in [-0.2, -0.15) is 10.4 Å². The van der Waals surface area contributed by atoms with Gasteiger partial charge in [0, 0.05) is 35.4 Å². The number of carbonyl (C=O) groups excluding carboxylic acids is 1. The van der Waals surface area contributed by atoms with Crippen LogP contribution in [0.5, 0.6) is 0 Å². The molecule has 2 heterocycles. The number of amides is 1. The summed E-state index contributed by atoms with van der Waals surface area (Å²) in [6.45, 7) is 3.91. The highest BCUT2D eigenvalue weighted by Gasteiger charge is 2.16. The van der Waals surface area contributed by atoms with Gasteiger partial charge in [-0.15, -0.1) is 0 Å². The molecule has 0 saturated heterocycles. The van der Waals surface area contributed by atoms with E-state index in [0.717, 1.165) is 22.4 Å². The summed E-state index contributed by atoms with van der Waals surface area (Å²) < 4.78 is 1.73. The third kappa shape index (κ3) is 4.47. The lowest BCUT2D eigenvalue weighted by Gasteiger charge is -2.08. The van der Waals surface area contributed by atoms with Crippen molar-refractivity contribution in [3.63, 3.8) is 0 Å². The van der Waals surface area contributed by atoms with Crippen LogP contribution in [0.25, 0.3) is 23.0 Å². The molecule has 0 aliphatic carbocycles. The molecule has 0 spiro atoms. The summed E-state index contributed by atoms with van der Waals surface area (Å²) in [7, 11) is 0. The highest BCUT2D eigenvalue weighted by atomic mass is 16.1. The Morgan fingerprint density at radius 1 is 1.09 bits per heavy atom. The Morgan fingerprint density at radius 2 is 1.91 bits per heavy atom. The average Bonchev–Trinajstić information content (AvgIpc) is 3.24. The van der Waals surface area contributed by atoms with Gasteiger partial charge < -0.3 is 5.32 Å². The molecule has 0 aliphatic heterocycles. The molecule has 1 N–H and O–H groups in total. The standard InChI is InChI=1S/C26H21N5O/c1-18-10-11-24(19(2)13-18)29-26(32)21(15-27)14-22-17-31(23-8-4-3-5-9-23)30-25(22)20-7-6-12-28-16-20/h3-14,16-17H,1-2H3,(H,29,32)/b21-14+. The van der Waals surface area contributed by atoms with Crippen LogP contribution in [0, 0.1) is 25.2 Å². The summed E-state index contributed by atoms with van der Waals surface area (Å²) in [6.07, 6.45) is 6.76. The Balaban J connectivity index is 1.74. The lowest BCUT2D eigenvalue weighted by Crippen LogP contribution is -2.14. The number of carbonyl (C=O) groups is 1. The second-order valence-corrected chi connectivity index (χ2v) is 7.40. The van der Waals surface area contributed by atoms with Crippen LogP contribution in [0.15, 0.2) is 84.8 Å². The maximum absolute atomic E-state index is 12.9. The molecule has 0 unspecified atom stereocenters. The lowest BCUT2D eigenvalue weighted by atomic mass is 10.1. The van der Waals surface area contributed by atoms with Crippen molar-refractivity contribution in [2.24, 2.45) is 0 Å². The number of nitrogens with zero attached hydrogens (tertiary/aromatic N) is 4. The van der Waals surface area contributed by atoms with E-state index in [-0.39, 0.29) is 5.57 Å². The Bertz CT molecular complexity index is 1330. The van der Waals surface area contributed by atoms with Crippen molar-refractivity contribution in [2.45, 2.75) is 13.8 Å². The van der Waals surface area contributed by atoms with Gasteiger partial charge in [0.1, 0.15) is 17.3 Å². The van der Waals surface area contributed by atoms with Crippen molar-refractivity contribution >= 4 is 17.7 Å². The molecule has 2 aromatic heterocycles. The number of para-hydroxylation sites is 1. The van der Waals surface area contributed by atoms with Crippen LogP contribution >= 0.6 is 0 Å². The highest BCUT2D eigenvalue weighted by molar-refractivity contribution is 6.10. The third-order valence-electron chi connectivity index (χ3n) is 4.99. The van der Waals surface area contributed by atoms with Crippen LogP contribution in [0.1, 0.15) is 16.7 Å². The molecule has 4 rings (SSSR count). The summed E-state index contributed by atoms with van der Waals surface area (Å²) in [5, 5.41) is 17.2. The first-order chi connectivity index (χ1) is 15.5. The summed E-state index contributed by atoms with van der Waals surface area (Å²) in [4.78, 5) is 17.0. The van der Waals surface area contributed by atoms with Crippen LogP contribution in [0.4, 0.5) is 5.69 Å². The molecule has 0 radical (unpaired) electrons. The molecule has 4 aromatic rings. The van der Waals surface area contributed by atoms with E-state index >= 15 is 0 Å². The van der Waals surface area contributed by atoms with Crippen LogP contribution in [0.2, 0.25) is 0 Å². The van der Waals surface area contributed by atoms with Crippen molar-refractivity contribution in [3.8, 4) is 23.0 Å². The maximum Gasteiger partial charge on any atom is 0.266 e. The Labute approximate surface area is 186 Å². The predicted molar refractivity (Wildman–Crippen MR) is 125 cm³/mol. The van der Waals surface area contributed by atoms with Crippen LogP contribution in [0.3, 0.4) is 0 Å². The van der Waals surface area contributed by atoms with E-state index in [4.69, 9.17) is 5.10 Å². The number of aromatic nitrogens is 3. The molecule has 0 aliphatic rings. The van der Waals surface area contributed by atoms with Gasteiger partial charge in [0.05, 0.1) is 5.69 Å². The molecule has 32 heavy (non-hydrogen) atoms. The number of benzene rings is 2. The lowest BCUT2D eigenvalue weighted by molar-refractivity contribution is -0.112.